The van der Waals surface area contributed by atoms with E-state index in [0.29, 0.717) is 11.4 Å². The molecule has 144 valence electrons. The molecule has 1 saturated heterocycles. The highest BCUT2D eigenvalue weighted by Gasteiger charge is 2.22. The Morgan fingerprint density at radius 1 is 1.28 bits per heavy atom. The fourth-order valence-electron chi connectivity index (χ4n) is 3.09. The molecule has 25 heavy (non-hydrogen) atoms. The van der Waals surface area contributed by atoms with Crippen molar-refractivity contribution < 1.29 is 13.2 Å². The van der Waals surface area contributed by atoms with Gasteiger partial charge in [0.25, 0.3) is 0 Å². The van der Waals surface area contributed by atoms with E-state index < -0.39 is 10.0 Å². The van der Waals surface area contributed by atoms with Crippen LogP contribution >= 0.6 is 24.8 Å². The fourth-order valence-corrected chi connectivity index (χ4v) is 4.22. The Bertz CT molecular complexity index is 652. The Kier molecular flexibility index (Phi) is 8.94. The van der Waals surface area contributed by atoms with Gasteiger partial charge in [0, 0.05) is 39.1 Å². The summed E-state index contributed by atoms with van der Waals surface area (Å²) in [5.74, 6) is 0.801. The molecule has 6 nitrogen and oxygen atoms in total. The molecule has 2 heterocycles. The lowest BCUT2D eigenvalue weighted by atomic mass is 10.1. The van der Waals surface area contributed by atoms with Gasteiger partial charge >= 0.3 is 0 Å². The van der Waals surface area contributed by atoms with Gasteiger partial charge in [-0.25, -0.2) is 13.1 Å². The minimum atomic E-state index is -3.44. The van der Waals surface area contributed by atoms with Crippen molar-refractivity contribution in [3.63, 3.8) is 0 Å². The standard InChI is InChI=1S/C16H25N3O3S.2ClH/c1-13-11-14-12-15(3-4-16(14)22-13)23(20,21)18-5-2-8-19-9-6-17-7-10-19;;/h3-4,12-13,17-18H,2,5-11H2,1H3;2*1H. The molecule has 2 aliphatic heterocycles. The minimum Gasteiger partial charge on any atom is -0.490 e. The number of ether oxygens (including phenoxy) is 1. The van der Waals surface area contributed by atoms with Gasteiger partial charge in [-0.05, 0) is 43.7 Å². The van der Waals surface area contributed by atoms with Crippen molar-refractivity contribution in [3.05, 3.63) is 23.8 Å². The van der Waals surface area contributed by atoms with Gasteiger partial charge in [-0.15, -0.1) is 24.8 Å². The van der Waals surface area contributed by atoms with Crippen LogP contribution in [0.4, 0.5) is 0 Å². The van der Waals surface area contributed by atoms with E-state index in [9.17, 15) is 8.42 Å². The van der Waals surface area contributed by atoms with Crippen LogP contribution in [0.3, 0.4) is 0 Å². The Morgan fingerprint density at radius 2 is 2.00 bits per heavy atom. The van der Waals surface area contributed by atoms with E-state index in [4.69, 9.17) is 4.74 Å². The molecule has 1 unspecified atom stereocenters. The number of benzene rings is 1. The van der Waals surface area contributed by atoms with Crippen LogP contribution in [0.15, 0.2) is 23.1 Å². The fraction of sp³-hybridized carbons (Fsp3) is 0.625. The first kappa shape index (κ1) is 22.5. The molecular weight excluding hydrogens is 385 g/mol. The molecule has 1 fully saturated rings. The molecule has 0 radical (unpaired) electrons. The summed E-state index contributed by atoms with van der Waals surface area (Å²) in [5.41, 5.74) is 0.973. The lowest BCUT2D eigenvalue weighted by molar-refractivity contribution is 0.239. The predicted octanol–water partition coefficient (Wildman–Crippen LogP) is 1.43. The second kappa shape index (κ2) is 9.94. The molecular formula is C16H27Cl2N3O3S. The Morgan fingerprint density at radius 3 is 2.72 bits per heavy atom. The molecule has 2 N–H and O–H groups in total. The molecule has 0 amide bonds. The lowest BCUT2D eigenvalue weighted by Crippen LogP contribution is -2.44. The van der Waals surface area contributed by atoms with Gasteiger partial charge in [-0.3, -0.25) is 0 Å². The van der Waals surface area contributed by atoms with Crippen LogP contribution in [0.5, 0.6) is 5.75 Å². The van der Waals surface area contributed by atoms with Crippen molar-refractivity contribution in [2.75, 3.05) is 39.3 Å². The average molecular weight is 412 g/mol. The summed E-state index contributed by atoms with van der Waals surface area (Å²) in [6.07, 6.45) is 1.71. The normalized spacial score (nSPS) is 20.1. The first-order chi connectivity index (χ1) is 11.0. The van der Waals surface area contributed by atoms with Crippen molar-refractivity contribution in [2.45, 2.75) is 30.8 Å². The van der Waals surface area contributed by atoms with Crippen LogP contribution in [0.2, 0.25) is 0 Å². The zero-order valence-corrected chi connectivity index (χ0v) is 16.8. The quantitative estimate of drug-likeness (QED) is 0.692. The SMILES string of the molecule is CC1Cc2cc(S(=O)(=O)NCCCN3CCNCC3)ccc2O1.Cl.Cl. The third kappa shape index (κ3) is 5.98. The summed E-state index contributed by atoms with van der Waals surface area (Å²) < 4.78 is 33.1. The molecule has 2 aliphatic rings. The third-order valence-corrected chi connectivity index (χ3v) is 5.79. The van der Waals surface area contributed by atoms with Crippen molar-refractivity contribution in [1.29, 1.82) is 0 Å². The van der Waals surface area contributed by atoms with Gasteiger partial charge in [-0.1, -0.05) is 0 Å². The van der Waals surface area contributed by atoms with Crippen molar-refractivity contribution >= 4 is 34.8 Å². The van der Waals surface area contributed by atoms with Gasteiger partial charge < -0.3 is 15.0 Å². The summed E-state index contributed by atoms with van der Waals surface area (Å²) >= 11 is 0. The van der Waals surface area contributed by atoms with Crippen molar-refractivity contribution in [1.82, 2.24) is 14.9 Å². The second-order valence-electron chi connectivity index (χ2n) is 6.25. The maximum atomic E-state index is 12.4. The van der Waals surface area contributed by atoms with E-state index in [0.717, 1.165) is 56.9 Å². The molecule has 1 aromatic rings. The van der Waals surface area contributed by atoms with Gasteiger partial charge in [0.15, 0.2) is 0 Å². The Labute approximate surface area is 162 Å². The minimum absolute atomic E-state index is 0. The van der Waals surface area contributed by atoms with E-state index in [2.05, 4.69) is 14.9 Å². The molecule has 0 aromatic heterocycles. The van der Waals surface area contributed by atoms with Gasteiger partial charge in [0.05, 0.1) is 4.90 Å². The number of nitrogens with zero attached hydrogens (tertiary/aromatic N) is 1. The molecule has 3 rings (SSSR count). The van der Waals surface area contributed by atoms with E-state index in [1.54, 1.807) is 18.2 Å². The zero-order chi connectivity index (χ0) is 16.3. The molecule has 1 atom stereocenters. The Hall–Kier alpha value is -0.570. The third-order valence-electron chi connectivity index (χ3n) is 4.33. The highest BCUT2D eigenvalue weighted by molar-refractivity contribution is 7.89. The van der Waals surface area contributed by atoms with E-state index in [1.165, 1.54) is 0 Å². The number of piperazine rings is 1. The average Bonchev–Trinajstić information content (AvgIpc) is 2.92. The van der Waals surface area contributed by atoms with Crippen LogP contribution in [-0.2, 0) is 16.4 Å². The summed E-state index contributed by atoms with van der Waals surface area (Å²) in [7, 11) is -3.44. The number of halogens is 2. The van der Waals surface area contributed by atoms with Crippen molar-refractivity contribution in [3.8, 4) is 5.75 Å². The summed E-state index contributed by atoms with van der Waals surface area (Å²) in [6.45, 7) is 7.49. The number of hydrogen-bond donors (Lipinski definition) is 2. The molecule has 1 aromatic carbocycles. The molecule has 0 saturated carbocycles. The molecule has 0 bridgehead atoms. The van der Waals surface area contributed by atoms with Crippen LogP contribution in [-0.4, -0.2) is 58.7 Å². The van der Waals surface area contributed by atoms with E-state index in [-0.39, 0.29) is 30.9 Å². The zero-order valence-electron chi connectivity index (χ0n) is 14.4. The molecule has 0 spiro atoms. The Balaban J connectivity index is 0.00000156. The highest BCUT2D eigenvalue weighted by atomic mass is 35.5. The number of sulfonamides is 1. The lowest BCUT2D eigenvalue weighted by Gasteiger charge is -2.27. The first-order valence-electron chi connectivity index (χ1n) is 8.27. The smallest absolute Gasteiger partial charge is 0.240 e. The highest BCUT2D eigenvalue weighted by Crippen LogP contribution is 2.30. The number of nitrogens with one attached hydrogen (secondary N) is 2. The summed E-state index contributed by atoms with van der Waals surface area (Å²) in [5, 5.41) is 3.31. The number of rotatable bonds is 6. The van der Waals surface area contributed by atoms with Gasteiger partial charge in [0.1, 0.15) is 11.9 Å². The number of fused-ring (bicyclic) bond motifs is 1. The molecule has 0 aliphatic carbocycles. The van der Waals surface area contributed by atoms with Crippen molar-refractivity contribution in [2.24, 2.45) is 0 Å². The summed E-state index contributed by atoms with van der Waals surface area (Å²) in [6, 6.07) is 5.11. The van der Waals surface area contributed by atoms with Crippen LogP contribution in [0, 0.1) is 0 Å². The maximum absolute atomic E-state index is 12.4. The maximum Gasteiger partial charge on any atom is 0.240 e. The van der Waals surface area contributed by atoms with E-state index >= 15 is 0 Å². The van der Waals surface area contributed by atoms with E-state index in [1.807, 2.05) is 6.92 Å². The first-order valence-corrected chi connectivity index (χ1v) is 9.75. The summed E-state index contributed by atoms with van der Waals surface area (Å²) in [4.78, 5) is 2.69. The number of hydrogen-bond acceptors (Lipinski definition) is 5. The van der Waals surface area contributed by atoms with Crippen LogP contribution in [0.1, 0.15) is 18.9 Å². The topological polar surface area (TPSA) is 70.7 Å². The largest absolute Gasteiger partial charge is 0.490 e. The second-order valence-corrected chi connectivity index (χ2v) is 8.01. The van der Waals surface area contributed by atoms with Gasteiger partial charge in [0.2, 0.25) is 10.0 Å². The monoisotopic (exact) mass is 411 g/mol. The van der Waals surface area contributed by atoms with Crippen LogP contribution in [0.25, 0.3) is 0 Å². The van der Waals surface area contributed by atoms with Crippen LogP contribution < -0.4 is 14.8 Å². The molecule has 9 heteroatoms. The van der Waals surface area contributed by atoms with Gasteiger partial charge in [-0.2, -0.15) is 0 Å². The predicted molar refractivity (Wildman–Crippen MR) is 104 cm³/mol.